The number of nitrogens with one attached hydrogen (secondary N) is 1. The Morgan fingerprint density at radius 3 is 2.85 bits per heavy atom. The van der Waals surface area contributed by atoms with Gasteiger partial charge in [-0.1, -0.05) is 53.4 Å². The molecule has 2 heterocycles. The molecule has 5 nitrogen and oxygen atoms in total. The molecule has 8 heteroatoms. The van der Waals surface area contributed by atoms with E-state index in [-0.39, 0.29) is 17.0 Å². The van der Waals surface area contributed by atoms with E-state index in [1.807, 2.05) is 30.0 Å². The van der Waals surface area contributed by atoms with E-state index in [0.29, 0.717) is 21.7 Å². The molecule has 1 atom stereocenters. The molecule has 1 aromatic heterocycles. The first-order valence-corrected chi connectivity index (χ1v) is 10.2. The molecule has 0 radical (unpaired) electrons. The quantitative estimate of drug-likeness (QED) is 0.640. The third kappa shape index (κ3) is 3.81. The topological polar surface area (TPSA) is 58.1 Å². The fraction of sp³-hybridized carbons (Fsp3) is 0.211. The molecule has 0 bridgehead atoms. The van der Waals surface area contributed by atoms with Crippen LogP contribution in [0.5, 0.6) is 0 Å². The Morgan fingerprint density at radius 1 is 1.22 bits per heavy atom. The maximum atomic E-state index is 13.7. The van der Waals surface area contributed by atoms with E-state index in [4.69, 9.17) is 0 Å². The van der Waals surface area contributed by atoms with Crippen molar-refractivity contribution < 1.29 is 9.18 Å². The van der Waals surface area contributed by atoms with Gasteiger partial charge in [0.1, 0.15) is 5.82 Å². The Bertz CT molecular complexity index is 978. The second-order valence-corrected chi connectivity index (χ2v) is 8.67. The van der Waals surface area contributed by atoms with E-state index >= 15 is 0 Å². The Kier molecular flexibility index (Phi) is 5.09. The summed E-state index contributed by atoms with van der Waals surface area (Å²) in [6.45, 7) is 2.58. The zero-order chi connectivity index (χ0) is 18.8. The maximum absolute atomic E-state index is 13.7. The molecule has 4 rings (SSSR count). The van der Waals surface area contributed by atoms with Crippen LogP contribution in [0.4, 0.5) is 20.9 Å². The van der Waals surface area contributed by atoms with Gasteiger partial charge in [0.05, 0.1) is 10.9 Å². The van der Waals surface area contributed by atoms with Gasteiger partial charge in [0.15, 0.2) is 4.34 Å². The Balaban J connectivity index is 1.42. The number of para-hydroxylation sites is 2. The highest BCUT2D eigenvalue weighted by atomic mass is 32.2. The van der Waals surface area contributed by atoms with Crippen LogP contribution in [0.3, 0.4) is 0 Å². The molecule has 0 spiro atoms. The smallest absolute Gasteiger partial charge is 0.240 e. The number of rotatable bonds is 5. The van der Waals surface area contributed by atoms with Gasteiger partial charge in [-0.3, -0.25) is 4.79 Å². The van der Waals surface area contributed by atoms with Gasteiger partial charge in [0.25, 0.3) is 0 Å². The number of fused-ring (bicyclic) bond motifs is 1. The van der Waals surface area contributed by atoms with Crippen LogP contribution >= 0.6 is 23.1 Å². The van der Waals surface area contributed by atoms with Crippen LogP contribution in [-0.2, 0) is 11.2 Å². The SMILES string of the molecule is C[C@@H](Sc1nnc(Nc2ccccc2F)s1)C(=O)N1CCc2ccccc21. The average Bonchev–Trinajstić information content (AvgIpc) is 3.30. The van der Waals surface area contributed by atoms with Crippen molar-refractivity contribution in [3.63, 3.8) is 0 Å². The summed E-state index contributed by atoms with van der Waals surface area (Å²) in [5.74, 6) is -0.290. The number of benzene rings is 2. The van der Waals surface area contributed by atoms with E-state index in [1.165, 1.54) is 34.7 Å². The summed E-state index contributed by atoms with van der Waals surface area (Å²) in [6.07, 6.45) is 0.884. The van der Waals surface area contributed by atoms with Crippen molar-refractivity contribution in [2.45, 2.75) is 22.9 Å². The van der Waals surface area contributed by atoms with Crippen molar-refractivity contribution in [3.05, 3.63) is 59.9 Å². The second-order valence-electron chi connectivity index (χ2n) is 6.11. The number of thioether (sulfide) groups is 1. The minimum absolute atomic E-state index is 0.0590. The van der Waals surface area contributed by atoms with Crippen molar-refractivity contribution >= 4 is 45.5 Å². The van der Waals surface area contributed by atoms with Gasteiger partial charge in [-0.15, -0.1) is 10.2 Å². The number of halogens is 1. The molecular weight excluding hydrogens is 383 g/mol. The van der Waals surface area contributed by atoms with Crippen LogP contribution in [0.1, 0.15) is 12.5 Å². The lowest BCUT2D eigenvalue weighted by molar-refractivity contribution is -0.117. The molecular formula is C19H17FN4OS2. The molecule has 138 valence electrons. The van der Waals surface area contributed by atoms with Crippen molar-refractivity contribution in [2.24, 2.45) is 0 Å². The molecule has 0 saturated heterocycles. The summed E-state index contributed by atoms with van der Waals surface area (Å²) in [6, 6.07) is 14.4. The summed E-state index contributed by atoms with van der Waals surface area (Å²) in [5, 5.41) is 11.3. The zero-order valence-electron chi connectivity index (χ0n) is 14.6. The van der Waals surface area contributed by atoms with Gasteiger partial charge in [0.2, 0.25) is 11.0 Å². The molecule has 1 aliphatic heterocycles. The minimum Gasteiger partial charge on any atom is -0.328 e. The molecule has 1 amide bonds. The Labute approximate surface area is 164 Å². The number of aromatic nitrogens is 2. The van der Waals surface area contributed by atoms with Gasteiger partial charge in [-0.25, -0.2) is 4.39 Å². The van der Waals surface area contributed by atoms with Crippen molar-refractivity contribution in [1.29, 1.82) is 0 Å². The van der Waals surface area contributed by atoms with E-state index in [0.717, 1.165) is 12.1 Å². The number of carbonyl (C=O) groups is 1. The van der Waals surface area contributed by atoms with Gasteiger partial charge in [0, 0.05) is 12.2 Å². The van der Waals surface area contributed by atoms with Crippen molar-refractivity contribution in [2.75, 3.05) is 16.8 Å². The fourth-order valence-corrected chi connectivity index (χ4v) is 4.94. The van der Waals surface area contributed by atoms with Crippen molar-refractivity contribution in [1.82, 2.24) is 10.2 Å². The van der Waals surface area contributed by atoms with Crippen LogP contribution in [0.25, 0.3) is 0 Å². The second kappa shape index (κ2) is 7.66. The number of carbonyl (C=O) groups excluding carboxylic acids is 1. The summed E-state index contributed by atoms with van der Waals surface area (Å²) >= 11 is 2.67. The summed E-state index contributed by atoms with van der Waals surface area (Å²) in [5.41, 5.74) is 2.55. The summed E-state index contributed by atoms with van der Waals surface area (Å²) in [4.78, 5) is 14.7. The van der Waals surface area contributed by atoms with E-state index in [9.17, 15) is 9.18 Å². The highest BCUT2D eigenvalue weighted by molar-refractivity contribution is 8.02. The lowest BCUT2D eigenvalue weighted by Crippen LogP contribution is -2.35. The average molecular weight is 401 g/mol. The van der Waals surface area contributed by atoms with Gasteiger partial charge >= 0.3 is 0 Å². The first-order valence-electron chi connectivity index (χ1n) is 8.53. The Hall–Kier alpha value is -2.45. The summed E-state index contributed by atoms with van der Waals surface area (Å²) < 4.78 is 14.4. The third-order valence-corrected chi connectivity index (χ3v) is 6.31. The van der Waals surface area contributed by atoms with Gasteiger partial charge in [-0.2, -0.15) is 0 Å². The van der Waals surface area contributed by atoms with Crippen LogP contribution < -0.4 is 10.2 Å². The minimum atomic E-state index is -0.349. The van der Waals surface area contributed by atoms with Crippen LogP contribution in [0, 0.1) is 5.82 Å². The number of anilines is 3. The largest absolute Gasteiger partial charge is 0.328 e. The van der Waals surface area contributed by atoms with Gasteiger partial charge in [-0.05, 0) is 37.1 Å². The Morgan fingerprint density at radius 2 is 2.00 bits per heavy atom. The molecule has 0 aliphatic carbocycles. The fourth-order valence-electron chi connectivity index (χ4n) is 2.97. The van der Waals surface area contributed by atoms with Crippen LogP contribution in [0.2, 0.25) is 0 Å². The standard InChI is InChI=1S/C19H17FN4OS2/c1-12(17(25)24-11-10-13-6-2-5-9-16(13)24)26-19-23-22-18(27-19)21-15-8-4-3-7-14(15)20/h2-9,12H,10-11H2,1H3,(H,21,22)/t12-/m1/s1. The normalized spacial score (nSPS) is 14.1. The first-order chi connectivity index (χ1) is 13.1. The number of amides is 1. The predicted molar refractivity (Wildman–Crippen MR) is 107 cm³/mol. The van der Waals surface area contributed by atoms with Crippen LogP contribution in [0.15, 0.2) is 52.9 Å². The lowest BCUT2D eigenvalue weighted by atomic mass is 10.2. The summed E-state index contributed by atoms with van der Waals surface area (Å²) in [7, 11) is 0. The highest BCUT2D eigenvalue weighted by Gasteiger charge is 2.28. The van der Waals surface area contributed by atoms with E-state index in [1.54, 1.807) is 18.2 Å². The number of nitrogens with zero attached hydrogens (tertiary/aromatic N) is 3. The molecule has 0 fully saturated rings. The number of hydrogen-bond donors (Lipinski definition) is 1. The van der Waals surface area contributed by atoms with Crippen LogP contribution in [-0.4, -0.2) is 27.9 Å². The monoisotopic (exact) mass is 400 g/mol. The van der Waals surface area contributed by atoms with E-state index in [2.05, 4.69) is 21.6 Å². The zero-order valence-corrected chi connectivity index (χ0v) is 16.2. The number of hydrogen-bond acceptors (Lipinski definition) is 6. The molecule has 0 unspecified atom stereocenters. The molecule has 27 heavy (non-hydrogen) atoms. The highest BCUT2D eigenvalue weighted by Crippen LogP contribution is 2.34. The third-order valence-electron chi connectivity index (χ3n) is 4.30. The molecule has 3 aromatic rings. The molecule has 1 N–H and O–H groups in total. The molecule has 0 saturated carbocycles. The van der Waals surface area contributed by atoms with Crippen molar-refractivity contribution in [3.8, 4) is 0 Å². The molecule has 1 aliphatic rings. The lowest BCUT2D eigenvalue weighted by Gasteiger charge is -2.20. The van der Waals surface area contributed by atoms with E-state index < -0.39 is 0 Å². The molecule has 2 aromatic carbocycles. The first kappa shape index (κ1) is 17.9. The van der Waals surface area contributed by atoms with Gasteiger partial charge < -0.3 is 10.2 Å². The predicted octanol–water partition coefficient (Wildman–Crippen LogP) is 4.49. The maximum Gasteiger partial charge on any atom is 0.240 e.